The Morgan fingerprint density at radius 3 is 2.67 bits per heavy atom. The normalized spacial score (nSPS) is 39.6. The fourth-order valence-corrected chi connectivity index (χ4v) is 3.16. The molecule has 0 aromatic carbocycles. The van der Waals surface area contributed by atoms with Crippen molar-refractivity contribution in [3.8, 4) is 0 Å². The van der Waals surface area contributed by atoms with Gasteiger partial charge in [0.2, 0.25) is 0 Å². The third kappa shape index (κ3) is 1.47. The number of halogens is 1. The van der Waals surface area contributed by atoms with Crippen LogP contribution in [0.15, 0.2) is 21.2 Å². The molecule has 0 saturated carbocycles. The van der Waals surface area contributed by atoms with E-state index in [0.717, 1.165) is 36.9 Å². The van der Waals surface area contributed by atoms with Crippen molar-refractivity contribution in [1.29, 1.82) is 0 Å². The maximum atomic E-state index is 10.7. The maximum Gasteiger partial charge on any atom is 0.138 e. The van der Waals surface area contributed by atoms with E-state index in [4.69, 9.17) is 4.42 Å². The monoisotopic (exact) mass is 271 g/mol. The van der Waals surface area contributed by atoms with Gasteiger partial charge in [-0.2, -0.15) is 0 Å². The number of aliphatic hydroxyl groups is 1. The fourth-order valence-electron chi connectivity index (χ4n) is 2.86. The van der Waals surface area contributed by atoms with Crippen molar-refractivity contribution in [1.82, 2.24) is 4.90 Å². The molecule has 1 N–H and O–H groups in total. The summed E-state index contributed by atoms with van der Waals surface area (Å²) < 4.78 is 6.34. The lowest BCUT2D eigenvalue weighted by Gasteiger charge is -2.49. The molecule has 3 aliphatic rings. The summed E-state index contributed by atoms with van der Waals surface area (Å²) in [5.74, 6) is 1.07. The molecular weight excluding hydrogens is 258 g/mol. The molecule has 0 amide bonds. The minimum Gasteiger partial charge on any atom is -0.465 e. The second kappa shape index (κ2) is 3.34. The van der Waals surface area contributed by atoms with Crippen LogP contribution in [0.25, 0.3) is 0 Å². The van der Waals surface area contributed by atoms with E-state index in [1.54, 1.807) is 6.26 Å². The van der Waals surface area contributed by atoms with Gasteiger partial charge < -0.3 is 9.52 Å². The van der Waals surface area contributed by atoms with E-state index in [2.05, 4.69) is 20.8 Å². The van der Waals surface area contributed by atoms with Crippen molar-refractivity contribution in [2.24, 2.45) is 5.92 Å². The third-order valence-electron chi connectivity index (χ3n) is 3.72. The number of rotatable bonds is 1. The Morgan fingerprint density at radius 2 is 2.20 bits per heavy atom. The highest BCUT2D eigenvalue weighted by Crippen LogP contribution is 2.43. The first-order valence-electron chi connectivity index (χ1n) is 5.38. The summed E-state index contributed by atoms with van der Waals surface area (Å²) in [6.45, 7) is 2.96. The molecule has 4 heterocycles. The van der Waals surface area contributed by atoms with Crippen molar-refractivity contribution in [2.45, 2.75) is 18.4 Å². The average molecular weight is 272 g/mol. The van der Waals surface area contributed by atoms with E-state index in [9.17, 15) is 5.11 Å². The van der Waals surface area contributed by atoms with Crippen LogP contribution in [0.2, 0.25) is 0 Å². The van der Waals surface area contributed by atoms with Gasteiger partial charge >= 0.3 is 0 Å². The summed E-state index contributed by atoms with van der Waals surface area (Å²) in [5.41, 5.74) is -0.761. The lowest BCUT2D eigenvalue weighted by molar-refractivity contribution is -0.129. The summed E-state index contributed by atoms with van der Waals surface area (Å²) in [6.07, 6.45) is 3.80. The zero-order chi connectivity index (χ0) is 10.5. The number of hydrogen-bond donors (Lipinski definition) is 1. The standard InChI is InChI=1S/C11H14BrNO2/c12-9-5-10(15-6-9)11(14)7-13-3-1-8(11)2-4-13/h5-6,8,14H,1-4,7H2. The van der Waals surface area contributed by atoms with E-state index in [1.807, 2.05) is 6.07 Å². The van der Waals surface area contributed by atoms with Gasteiger partial charge in [-0.3, -0.25) is 4.90 Å². The van der Waals surface area contributed by atoms with Gasteiger partial charge in [0.1, 0.15) is 17.6 Å². The number of piperidine rings is 3. The van der Waals surface area contributed by atoms with Crippen LogP contribution >= 0.6 is 15.9 Å². The minimum absolute atomic E-state index is 0.362. The summed E-state index contributed by atoms with van der Waals surface area (Å²) in [6, 6.07) is 1.89. The highest BCUT2D eigenvalue weighted by atomic mass is 79.9. The molecule has 82 valence electrons. The Morgan fingerprint density at radius 1 is 1.47 bits per heavy atom. The molecule has 15 heavy (non-hydrogen) atoms. The largest absolute Gasteiger partial charge is 0.465 e. The number of nitrogens with zero attached hydrogens (tertiary/aromatic N) is 1. The number of fused-ring (bicyclic) bond motifs is 3. The van der Waals surface area contributed by atoms with Crippen molar-refractivity contribution in [2.75, 3.05) is 19.6 Å². The quantitative estimate of drug-likeness (QED) is 0.849. The highest BCUT2D eigenvalue weighted by molar-refractivity contribution is 9.10. The molecule has 1 aromatic heterocycles. The van der Waals surface area contributed by atoms with Crippen LogP contribution in [0.4, 0.5) is 0 Å². The van der Waals surface area contributed by atoms with Crippen molar-refractivity contribution < 1.29 is 9.52 Å². The second-order valence-corrected chi connectivity index (χ2v) is 5.52. The van der Waals surface area contributed by atoms with E-state index in [0.29, 0.717) is 11.7 Å². The molecule has 3 fully saturated rings. The summed E-state index contributed by atoms with van der Waals surface area (Å²) in [5, 5.41) is 10.7. The van der Waals surface area contributed by atoms with Crippen molar-refractivity contribution >= 4 is 15.9 Å². The Hall–Kier alpha value is -0.320. The van der Waals surface area contributed by atoms with E-state index >= 15 is 0 Å². The van der Waals surface area contributed by atoms with Gasteiger partial charge in [-0.15, -0.1) is 0 Å². The average Bonchev–Trinajstić information content (AvgIpc) is 2.67. The Kier molecular flexibility index (Phi) is 2.20. The predicted octanol–water partition coefficient (Wildman–Crippen LogP) is 1.96. The molecule has 1 aromatic rings. The molecule has 1 atom stereocenters. The molecule has 4 heteroatoms. The SMILES string of the molecule is OC1(c2cc(Br)co2)CN2CCC1CC2. The zero-order valence-electron chi connectivity index (χ0n) is 8.45. The number of furan rings is 1. The van der Waals surface area contributed by atoms with Crippen LogP contribution in [0.5, 0.6) is 0 Å². The van der Waals surface area contributed by atoms with Gasteiger partial charge in [-0.05, 0) is 53.8 Å². The molecule has 3 saturated heterocycles. The lowest BCUT2D eigenvalue weighted by atomic mass is 9.74. The molecule has 0 spiro atoms. The van der Waals surface area contributed by atoms with Crippen LogP contribution in [-0.4, -0.2) is 29.6 Å². The first kappa shape index (κ1) is 9.87. The molecule has 0 aliphatic carbocycles. The topological polar surface area (TPSA) is 36.6 Å². The highest BCUT2D eigenvalue weighted by Gasteiger charge is 2.48. The van der Waals surface area contributed by atoms with Crippen LogP contribution in [0, 0.1) is 5.92 Å². The molecule has 0 radical (unpaired) electrons. The molecule has 1 unspecified atom stereocenters. The third-order valence-corrected chi connectivity index (χ3v) is 4.14. The van der Waals surface area contributed by atoms with Crippen LogP contribution < -0.4 is 0 Å². The minimum atomic E-state index is -0.761. The van der Waals surface area contributed by atoms with Gasteiger partial charge in [0.25, 0.3) is 0 Å². The van der Waals surface area contributed by atoms with E-state index in [-0.39, 0.29) is 0 Å². The van der Waals surface area contributed by atoms with Crippen molar-refractivity contribution in [3.63, 3.8) is 0 Å². The lowest BCUT2D eigenvalue weighted by Crippen LogP contribution is -2.56. The smallest absolute Gasteiger partial charge is 0.138 e. The van der Waals surface area contributed by atoms with Crippen LogP contribution in [0.3, 0.4) is 0 Å². The first-order valence-corrected chi connectivity index (χ1v) is 6.17. The zero-order valence-corrected chi connectivity index (χ0v) is 10.0. The van der Waals surface area contributed by atoms with Gasteiger partial charge in [0.05, 0.1) is 4.47 Å². The Bertz CT molecular complexity index is 370. The Labute approximate surface area is 97.2 Å². The molecule has 3 aliphatic heterocycles. The van der Waals surface area contributed by atoms with Gasteiger partial charge in [0.15, 0.2) is 0 Å². The summed E-state index contributed by atoms with van der Waals surface area (Å²) in [4.78, 5) is 2.32. The Balaban J connectivity index is 1.96. The molecule has 3 nitrogen and oxygen atoms in total. The number of hydrogen-bond acceptors (Lipinski definition) is 3. The van der Waals surface area contributed by atoms with Crippen molar-refractivity contribution in [3.05, 3.63) is 22.6 Å². The van der Waals surface area contributed by atoms with Gasteiger partial charge in [-0.25, -0.2) is 0 Å². The maximum absolute atomic E-state index is 10.7. The van der Waals surface area contributed by atoms with Gasteiger partial charge in [0, 0.05) is 6.54 Å². The summed E-state index contributed by atoms with van der Waals surface area (Å²) >= 11 is 3.36. The molecule has 4 rings (SSSR count). The first-order chi connectivity index (χ1) is 7.18. The van der Waals surface area contributed by atoms with E-state index in [1.165, 1.54) is 0 Å². The molecule has 2 bridgehead atoms. The fraction of sp³-hybridized carbons (Fsp3) is 0.636. The van der Waals surface area contributed by atoms with E-state index < -0.39 is 5.60 Å². The second-order valence-electron chi connectivity index (χ2n) is 4.60. The predicted molar refractivity (Wildman–Crippen MR) is 59.5 cm³/mol. The summed E-state index contributed by atoms with van der Waals surface area (Å²) in [7, 11) is 0. The molecular formula is C11H14BrNO2. The van der Waals surface area contributed by atoms with Gasteiger partial charge in [-0.1, -0.05) is 0 Å². The van der Waals surface area contributed by atoms with Crippen LogP contribution in [-0.2, 0) is 5.60 Å². The van der Waals surface area contributed by atoms with Crippen LogP contribution in [0.1, 0.15) is 18.6 Å².